The summed E-state index contributed by atoms with van der Waals surface area (Å²) >= 11 is 0. The van der Waals surface area contributed by atoms with E-state index in [0.717, 1.165) is 11.6 Å². The first kappa shape index (κ1) is 20.0. The number of nitrogens with one attached hydrogen (secondary N) is 2. The lowest BCUT2D eigenvalue weighted by Gasteiger charge is -2.18. The molecule has 0 aliphatic rings. The number of hydrogen-bond donors (Lipinski definition) is 2. The van der Waals surface area contributed by atoms with E-state index in [4.69, 9.17) is 0 Å². The van der Waals surface area contributed by atoms with E-state index in [1.54, 1.807) is 13.2 Å². The van der Waals surface area contributed by atoms with Crippen molar-refractivity contribution in [1.82, 2.24) is 20.4 Å². The maximum absolute atomic E-state index is 4.31. The number of nitrogens with zero attached hydrogens (tertiary/aromatic N) is 3. The molecule has 0 aliphatic carbocycles. The lowest BCUT2D eigenvalue weighted by molar-refractivity contribution is 0.685. The van der Waals surface area contributed by atoms with Crippen molar-refractivity contribution in [1.29, 1.82) is 0 Å². The van der Waals surface area contributed by atoms with Crippen LogP contribution in [0, 0.1) is 0 Å². The summed E-state index contributed by atoms with van der Waals surface area (Å²) in [6, 6.07) is 20.8. The van der Waals surface area contributed by atoms with Gasteiger partial charge in [-0.25, -0.2) is 4.68 Å². The van der Waals surface area contributed by atoms with E-state index < -0.39 is 0 Å². The number of rotatable bonds is 5. The van der Waals surface area contributed by atoms with E-state index in [1.807, 2.05) is 35.1 Å². The zero-order valence-corrected chi connectivity index (χ0v) is 17.3. The quantitative estimate of drug-likeness (QED) is 0.344. The van der Waals surface area contributed by atoms with Crippen LogP contribution in [0.2, 0.25) is 0 Å². The Labute approximate surface area is 171 Å². The van der Waals surface area contributed by atoms with E-state index in [0.29, 0.717) is 6.54 Å². The molecule has 1 unspecified atom stereocenters. The van der Waals surface area contributed by atoms with E-state index in [1.165, 1.54) is 11.1 Å². The highest BCUT2D eigenvalue weighted by atomic mass is 127. The molecule has 0 bridgehead atoms. The Bertz CT molecular complexity index is 798. The predicted molar refractivity (Wildman–Crippen MR) is 117 cm³/mol. The number of benzene rings is 2. The van der Waals surface area contributed by atoms with Crippen LogP contribution in [0.3, 0.4) is 0 Å². The molecule has 2 N–H and O–H groups in total. The Kier molecular flexibility index (Phi) is 7.65. The van der Waals surface area contributed by atoms with Crippen molar-refractivity contribution in [3.05, 3.63) is 84.2 Å². The van der Waals surface area contributed by atoms with Gasteiger partial charge >= 0.3 is 0 Å². The fourth-order valence-electron chi connectivity index (χ4n) is 2.60. The molecule has 0 saturated carbocycles. The molecule has 3 aromatic rings. The Morgan fingerprint density at radius 3 is 2.42 bits per heavy atom. The topological polar surface area (TPSA) is 54.2 Å². The van der Waals surface area contributed by atoms with Gasteiger partial charge in [-0.1, -0.05) is 42.5 Å². The van der Waals surface area contributed by atoms with Crippen molar-refractivity contribution in [3.8, 4) is 5.69 Å². The Balaban J connectivity index is 0.00000243. The van der Waals surface area contributed by atoms with Crippen molar-refractivity contribution in [3.63, 3.8) is 0 Å². The van der Waals surface area contributed by atoms with Gasteiger partial charge in [0.25, 0.3) is 0 Å². The minimum atomic E-state index is 0. The van der Waals surface area contributed by atoms with Crippen LogP contribution in [0.25, 0.3) is 5.69 Å². The highest BCUT2D eigenvalue weighted by Gasteiger charge is 2.07. The summed E-state index contributed by atoms with van der Waals surface area (Å²) in [5, 5.41) is 11.0. The zero-order chi connectivity index (χ0) is 17.5. The molecule has 2 aromatic carbocycles. The first-order valence-electron chi connectivity index (χ1n) is 8.37. The van der Waals surface area contributed by atoms with Gasteiger partial charge in [0.15, 0.2) is 5.96 Å². The monoisotopic (exact) mass is 461 g/mol. The van der Waals surface area contributed by atoms with Gasteiger partial charge in [0.05, 0.1) is 11.7 Å². The molecule has 0 saturated heterocycles. The molecule has 3 rings (SSSR count). The van der Waals surface area contributed by atoms with Crippen molar-refractivity contribution in [2.75, 3.05) is 7.05 Å². The van der Waals surface area contributed by atoms with Crippen molar-refractivity contribution in [2.24, 2.45) is 4.99 Å². The van der Waals surface area contributed by atoms with Crippen LogP contribution in [0.1, 0.15) is 24.1 Å². The van der Waals surface area contributed by atoms with E-state index in [-0.39, 0.29) is 30.0 Å². The molecule has 0 amide bonds. The van der Waals surface area contributed by atoms with Crippen LogP contribution >= 0.6 is 24.0 Å². The molecule has 0 fully saturated rings. The maximum Gasteiger partial charge on any atom is 0.191 e. The fraction of sp³-hybridized carbons (Fsp3) is 0.200. The molecule has 136 valence electrons. The van der Waals surface area contributed by atoms with Crippen molar-refractivity contribution < 1.29 is 0 Å². The number of aromatic nitrogens is 2. The van der Waals surface area contributed by atoms with Crippen LogP contribution in [-0.2, 0) is 6.54 Å². The van der Waals surface area contributed by atoms with Crippen LogP contribution in [0.5, 0.6) is 0 Å². The minimum Gasteiger partial charge on any atom is -0.352 e. The lowest BCUT2D eigenvalue weighted by Crippen LogP contribution is -2.38. The van der Waals surface area contributed by atoms with E-state index in [2.05, 4.69) is 64.0 Å². The normalized spacial score (nSPS) is 12.2. The second-order valence-electron chi connectivity index (χ2n) is 5.82. The summed E-state index contributed by atoms with van der Waals surface area (Å²) in [5.74, 6) is 0.785. The number of guanidine groups is 1. The first-order chi connectivity index (χ1) is 12.3. The summed E-state index contributed by atoms with van der Waals surface area (Å²) in [6.45, 7) is 2.83. The molecular weight excluding hydrogens is 437 g/mol. The lowest BCUT2D eigenvalue weighted by atomic mass is 10.1. The van der Waals surface area contributed by atoms with E-state index in [9.17, 15) is 0 Å². The Morgan fingerprint density at radius 2 is 1.81 bits per heavy atom. The predicted octanol–water partition coefficient (Wildman–Crippen LogP) is 3.92. The average molecular weight is 461 g/mol. The molecule has 0 aliphatic heterocycles. The number of halogens is 1. The first-order valence-corrected chi connectivity index (χ1v) is 8.37. The van der Waals surface area contributed by atoms with Gasteiger partial charge in [-0.05, 0) is 36.2 Å². The van der Waals surface area contributed by atoms with Gasteiger partial charge in [0, 0.05) is 26.0 Å². The molecule has 0 radical (unpaired) electrons. The molecule has 1 heterocycles. The van der Waals surface area contributed by atoms with Gasteiger partial charge < -0.3 is 10.6 Å². The van der Waals surface area contributed by atoms with Crippen molar-refractivity contribution >= 4 is 29.9 Å². The third kappa shape index (κ3) is 5.32. The maximum atomic E-state index is 4.31. The number of hydrogen-bond acceptors (Lipinski definition) is 2. The van der Waals surface area contributed by atoms with E-state index >= 15 is 0 Å². The molecule has 1 aromatic heterocycles. The standard InChI is InChI=1S/C20H23N5.HI/c1-16(18-7-4-3-5-8-18)24-20(21-2)22-15-17-9-11-19(12-10-17)25-14-6-13-23-25;/h3-14,16H,15H2,1-2H3,(H2,21,22,24);1H. The van der Waals surface area contributed by atoms with Gasteiger partial charge in [-0.2, -0.15) is 5.10 Å². The molecule has 26 heavy (non-hydrogen) atoms. The summed E-state index contributed by atoms with van der Waals surface area (Å²) in [4.78, 5) is 4.31. The largest absolute Gasteiger partial charge is 0.352 e. The molecule has 6 heteroatoms. The smallest absolute Gasteiger partial charge is 0.191 e. The zero-order valence-electron chi connectivity index (χ0n) is 15.0. The number of aliphatic imine (C=N–C) groups is 1. The summed E-state index contributed by atoms with van der Waals surface area (Å²) in [7, 11) is 1.79. The van der Waals surface area contributed by atoms with Gasteiger partial charge in [-0.15, -0.1) is 24.0 Å². The van der Waals surface area contributed by atoms with Crippen molar-refractivity contribution in [2.45, 2.75) is 19.5 Å². The molecular formula is C20H24IN5. The van der Waals surface area contributed by atoms with Crippen LogP contribution in [0.15, 0.2) is 78.0 Å². The van der Waals surface area contributed by atoms with Crippen LogP contribution < -0.4 is 10.6 Å². The average Bonchev–Trinajstić information content (AvgIpc) is 3.21. The van der Waals surface area contributed by atoms with Crippen LogP contribution in [0.4, 0.5) is 0 Å². The molecule has 5 nitrogen and oxygen atoms in total. The van der Waals surface area contributed by atoms with Gasteiger partial charge in [0.2, 0.25) is 0 Å². The minimum absolute atomic E-state index is 0. The van der Waals surface area contributed by atoms with Crippen LogP contribution in [-0.4, -0.2) is 22.8 Å². The third-order valence-corrected chi connectivity index (χ3v) is 4.04. The van der Waals surface area contributed by atoms with Gasteiger partial charge in [-0.3, -0.25) is 4.99 Å². The molecule has 0 spiro atoms. The summed E-state index contributed by atoms with van der Waals surface area (Å²) in [6.07, 6.45) is 3.71. The highest BCUT2D eigenvalue weighted by Crippen LogP contribution is 2.11. The van der Waals surface area contributed by atoms with Gasteiger partial charge in [0.1, 0.15) is 0 Å². The summed E-state index contributed by atoms with van der Waals surface area (Å²) < 4.78 is 1.85. The second kappa shape index (κ2) is 9.96. The molecule has 1 atom stereocenters. The third-order valence-electron chi connectivity index (χ3n) is 4.04. The Morgan fingerprint density at radius 1 is 1.08 bits per heavy atom. The Hall–Kier alpha value is -2.35. The summed E-state index contributed by atoms with van der Waals surface area (Å²) in [5.41, 5.74) is 3.47. The highest BCUT2D eigenvalue weighted by molar-refractivity contribution is 14.0. The fourth-order valence-corrected chi connectivity index (χ4v) is 2.60. The second-order valence-corrected chi connectivity index (χ2v) is 5.82. The SMILES string of the molecule is CN=C(NCc1ccc(-n2cccn2)cc1)NC(C)c1ccccc1.I.